The highest BCUT2D eigenvalue weighted by Gasteiger charge is 2.45. The van der Waals surface area contributed by atoms with E-state index in [-0.39, 0.29) is 5.91 Å². The molecule has 0 bridgehead atoms. The molecule has 6 heteroatoms. The van der Waals surface area contributed by atoms with Crippen LogP contribution < -0.4 is 5.32 Å². The Morgan fingerprint density at radius 3 is 2.40 bits per heavy atom. The number of carbonyl (C=O) groups is 1. The largest absolute Gasteiger partial charge is 0.375 e. The van der Waals surface area contributed by atoms with Gasteiger partial charge in [0.05, 0.1) is 12.2 Å². The number of hydrogen-bond donors (Lipinski definition) is 1. The molecule has 1 amide bonds. The minimum atomic E-state index is -0.506. The fraction of sp³-hybridized carbons (Fsp3) is 0.789. The second-order valence-electron chi connectivity index (χ2n) is 7.77. The van der Waals surface area contributed by atoms with Gasteiger partial charge in [-0.15, -0.1) is 0 Å². The number of ether oxygens (including phenoxy) is 1. The first-order valence-electron chi connectivity index (χ1n) is 9.94. The van der Waals surface area contributed by atoms with Gasteiger partial charge in [0.25, 0.3) is 5.91 Å². The zero-order chi connectivity index (χ0) is 17.1. The van der Waals surface area contributed by atoms with Crippen LogP contribution in [0.15, 0.2) is 18.5 Å². The van der Waals surface area contributed by atoms with Gasteiger partial charge in [-0.05, 0) is 57.7 Å². The summed E-state index contributed by atoms with van der Waals surface area (Å²) in [6.45, 7) is 3.36. The van der Waals surface area contributed by atoms with Gasteiger partial charge in [0.1, 0.15) is 5.54 Å². The molecule has 1 N–H and O–H groups in total. The van der Waals surface area contributed by atoms with Crippen LogP contribution in [0.5, 0.6) is 0 Å². The molecule has 1 aromatic heterocycles. The summed E-state index contributed by atoms with van der Waals surface area (Å²) >= 11 is 0. The van der Waals surface area contributed by atoms with E-state index in [9.17, 15) is 4.79 Å². The second-order valence-corrected chi connectivity index (χ2v) is 7.77. The van der Waals surface area contributed by atoms with Crippen LogP contribution >= 0.6 is 0 Å². The molecule has 0 atom stereocenters. The lowest BCUT2D eigenvalue weighted by Gasteiger charge is -2.42. The van der Waals surface area contributed by atoms with Gasteiger partial charge in [0, 0.05) is 25.5 Å². The molecule has 2 saturated heterocycles. The first-order valence-corrected chi connectivity index (χ1v) is 9.94. The Bertz CT molecular complexity index is 554. The van der Waals surface area contributed by atoms with E-state index in [4.69, 9.17) is 4.74 Å². The SMILES string of the molecule is O=C(N1CCC(OC2CCCC2)CC1)C1(n2cccn2)CCNCC1. The van der Waals surface area contributed by atoms with E-state index in [1.165, 1.54) is 25.7 Å². The Morgan fingerprint density at radius 2 is 1.76 bits per heavy atom. The molecule has 2 aliphatic heterocycles. The average Bonchev–Trinajstić information content (AvgIpc) is 3.36. The highest BCUT2D eigenvalue weighted by atomic mass is 16.5. The molecule has 1 aromatic rings. The van der Waals surface area contributed by atoms with Crippen molar-refractivity contribution in [2.75, 3.05) is 26.2 Å². The standard InChI is InChI=1S/C19H30N4O2/c24-18(19(8-11-20-12-9-19)23-13-3-10-21-23)22-14-6-17(7-15-22)25-16-4-1-2-5-16/h3,10,13,16-17,20H,1-2,4-9,11-12,14-15H2. The number of hydrogen-bond acceptors (Lipinski definition) is 4. The lowest BCUT2D eigenvalue weighted by Crippen LogP contribution is -2.57. The molecule has 3 heterocycles. The smallest absolute Gasteiger partial charge is 0.250 e. The minimum absolute atomic E-state index is 0.247. The van der Waals surface area contributed by atoms with Crippen LogP contribution in [0.1, 0.15) is 51.4 Å². The fourth-order valence-electron chi connectivity index (χ4n) is 4.69. The number of nitrogens with zero attached hydrogens (tertiary/aromatic N) is 3. The first-order chi connectivity index (χ1) is 12.3. The molecule has 4 rings (SSSR count). The van der Waals surface area contributed by atoms with Crippen LogP contribution in [0.2, 0.25) is 0 Å². The maximum atomic E-state index is 13.4. The number of nitrogens with one attached hydrogen (secondary N) is 1. The molecule has 1 saturated carbocycles. The summed E-state index contributed by atoms with van der Waals surface area (Å²) in [7, 11) is 0. The summed E-state index contributed by atoms with van der Waals surface area (Å²) in [6, 6.07) is 1.92. The normalized spacial score (nSPS) is 25.4. The predicted octanol–water partition coefficient (Wildman–Crippen LogP) is 1.91. The van der Waals surface area contributed by atoms with Crippen LogP contribution in [-0.4, -0.2) is 59.0 Å². The summed E-state index contributed by atoms with van der Waals surface area (Å²) in [5.74, 6) is 0.247. The molecule has 0 unspecified atom stereocenters. The van der Waals surface area contributed by atoms with E-state index in [1.54, 1.807) is 6.20 Å². The molecule has 25 heavy (non-hydrogen) atoms. The topological polar surface area (TPSA) is 59.4 Å². The van der Waals surface area contributed by atoms with E-state index < -0.39 is 5.54 Å². The molecule has 0 spiro atoms. The van der Waals surface area contributed by atoms with Crippen molar-refractivity contribution in [3.8, 4) is 0 Å². The highest BCUT2D eigenvalue weighted by Crippen LogP contribution is 2.31. The fourth-order valence-corrected chi connectivity index (χ4v) is 4.69. The number of rotatable bonds is 4. The summed E-state index contributed by atoms with van der Waals surface area (Å²) in [5, 5.41) is 7.80. The lowest BCUT2D eigenvalue weighted by atomic mass is 9.86. The monoisotopic (exact) mass is 346 g/mol. The molecule has 3 fully saturated rings. The maximum absolute atomic E-state index is 13.4. The molecule has 0 radical (unpaired) electrons. The van der Waals surface area contributed by atoms with Crippen molar-refractivity contribution in [3.05, 3.63) is 18.5 Å². The quantitative estimate of drug-likeness (QED) is 0.905. The van der Waals surface area contributed by atoms with Gasteiger partial charge in [0.2, 0.25) is 0 Å². The summed E-state index contributed by atoms with van der Waals surface area (Å²) < 4.78 is 8.16. The highest BCUT2D eigenvalue weighted by molar-refractivity contribution is 5.84. The Morgan fingerprint density at radius 1 is 1.08 bits per heavy atom. The molecule has 138 valence electrons. The predicted molar refractivity (Wildman–Crippen MR) is 95.2 cm³/mol. The molecular weight excluding hydrogens is 316 g/mol. The molecular formula is C19H30N4O2. The van der Waals surface area contributed by atoms with Crippen molar-refractivity contribution >= 4 is 5.91 Å². The van der Waals surface area contributed by atoms with E-state index >= 15 is 0 Å². The Labute approximate surface area is 149 Å². The van der Waals surface area contributed by atoms with Crippen molar-refractivity contribution in [1.29, 1.82) is 0 Å². The van der Waals surface area contributed by atoms with Crippen LogP contribution in [0.4, 0.5) is 0 Å². The lowest BCUT2D eigenvalue weighted by molar-refractivity contribution is -0.146. The van der Waals surface area contributed by atoms with Gasteiger partial charge in [0.15, 0.2) is 0 Å². The number of piperidine rings is 2. The number of likely N-dealkylation sites (tertiary alicyclic amines) is 1. The van der Waals surface area contributed by atoms with Crippen LogP contribution in [-0.2, 0) is 15.1 Å². The third-order valence-corrected chi connectivity index (χ3v) is 6.19. The van der Waals surface area contributed by atoms with Crippen molar-refractivity contribution in [2.24, 2.45) is 0 Å². The average molecular weight is 346 g/mol. The summed E-state index contributed by atoms with van der Waals surface area (Å²) in [5.41, 5.74) is -0.506. The van der Waals surface area contributed by atoms with E-state index in [1.807, 2.05) is 16.9 Å². The Hall–Kier alpha value is -1.40. The molecule has 0 aromatic carbocycles. The van der Waals surface area contributed by atoms with Crippen molar-refractivity contribution in [1.82, 2.24) is 20.0 Å². The summed E-state index contributed by atoms with van der Waals surface area (Å²) in [4.78, 5) is 15.5. The zero-order valence-electron chi connectivity index (χ0n) is 15.0. The van der Waals surface area contributed by atoms with E-state index in [2.05, 4.69) is 15.3 Å². The Kier molecular flexibility index (Phi) is 5.08. The molecule has 1 aliphatic carbocycles. The van der Waals surface area contributed by atoms with Crippen LogP contribution in [0.25, 0.3) is 0 Å². The number of amides is 1. The molecule has 3 aliphatic rings. The number of carbonyl (C=O) groups excluding carboxylic acids is 1. The van der Waals surface area contributed by atoms with E-state index in [0.717, 1.165) is 51.9 Å². The van der Waals surface area contributed by atoms with Crippen molar-refractivity contribution in [2.45, 2.75) is 69.1 Å². The van der Waals surface area contributed by atoms with Crippen LogP contribution in [0, 0.1) is 0 Å². The minimum Gasteiger partial charge on any atom is -0.375 e. The van der Waals surface area contributed by atoms with Crippen molar-refractivity contribution < 1.29 is 9.53 Å². The maximum Gasteiger partial charge on any atom is 0.250 e. The summed E-state index contributed by atoms with van der Waals surface area (Å²) in [6.07, 6.45) is 13.1. The van der Waals surface area contributed by atoms with Crippen LogP contribution in [0.3, 0.4) is 0 Å². The van der Waals surface area contributed by atoms with Gasteiger partial charge in [-0.25, -0.2) is 0 Å². The number of aromatic nitrogens is 2. The van der Waals surface area contributed by atoms with Gasteiger partial charge in [-0.1, -0.05) is 12.8 Å². The third-order valence-electron chi connectivity index (χ3n) is 6.19. The first kappa shape index (κ1) is 17.0. The van der Waals surface area contributed by atoms with Gasteiger partial charge < -0.3 is 15.0 Å². The molecule has 6 nitrogen and oxygen atoms in total. The van der Waals surface area contributed by atoms with Gasteiger partial charge in [-0.3, -0.25) is 9.48 Å². The second kappa shape index (κ2) is 7.46. The van der Waals surface area contributed by atoms with Crippen molar-refractivity contribution in [3.63, 3.8) is 0 Å². The third kappa shape index (κ3) is 3.47. The zero-order valence-corrected chi connectivity index (χ0v) is 15.0. The Balaban J connectivity index is 1.40. The van der Waals surface area contributed by atoms with E-state index in [0.29, 0.717) is 12.2 Å². The van der Waals surface area contributed by atoms with Gasteiger partial charge >= 0.3 is 0 Å². The van der Waals surface area contributed by atoms with Gasteiger partial charge in [-0.2, -0.15) is 5.10 Å².